The Morgan fingerprint density at radius 3 is 2.48 bits per heavy atom. The number of hydrogen-bond donors (Lipinski definition) is 1. The SMILES string of the molecule is N#C/C(=C\c1ccc2noc(-c3ccccc3)c2c1)C(=O)NCc1ccccc1. The molecule has 1 heterocycles. The molecule has 1 N–H and O–H groups in total. The summed E-state index contributed by atoms with van der Waals surface area (Å²) in [5.41, 5.74) is 3.36. The van der Waals surface area contributed by atoms with E-state index in [0.717, 1.165) is 22.1 Å². The standard InChI is InChI=1S/C24H17N3O2/c25-15-20(24(28)26-16-17-7-3-1-4-8-17)13-18-11-12-22-21(14-18)23(29-27-22)19-9-5-2-6-10-19/h1-14H,16H2,(H,26,28)/b20-13+. The molecule has 5 heteroatoms. The van der Waals surface area contributed by atoms with E-state index in [0.29, 0.717) is 17.8 Å². The Bertz CT molecular complexity index is 1220. The Labute approximate surface area is 167 Å². The van der Waals surface area contributed by atoms with E-state index >= 15 is 0 Å². The predicted molar refractivity (Wildman–Crippen MR) is 111 cm³/mol. The van der Waals surface area contributed by atoms with Crippen molar-refractivity contribution < 1.29 is 9.32 Å². The minimum Gasteiger partial charge on any atom is -0.355 e. The number of amides is 1. The molecule has 0 saturated carbocycles. The zero-order valence-electron chi connectivity index (χ0n) is 15.5. The molecule has 4 aromatic rings. The topological polar surface area (TPSA) is 78.9 Å². The molecule has 1 amide bonds. The number of carbonyl (C=O) groups is 1. The van der Waals surface area contributed by atoms with E-state index in [-0.39, 0.29) is 5.57 Å². The lowest BCUT2D eigenvalue weighted by Crippen LogP contribution is -2.23. The smallest absolute Gasteiger partial charge is 0.262 e. The minimum absolute atomic E-state index is 0.0398. The molecule has 0 aliphatic rings. The number of benzene rings is 3. The second kappa shape index (κ2) is 8.24. The van der Waals surface area contributed by atoms with Crippen molar-refractivity contribution in [2.75, 3.05) is 0 Å². The average Bonchev–Trinajstić information content (AvgIpc) is 3.20. The molecule has 0 saturated heterocycles. The lowest BCUT2D eigenvalue weighted by atomic mass is 10.0. The Morgan fingerprint density at radius 1 is 1.03 bits per heavy atom. The van der Waals surface area contributed by atoms with Crippen LogP contribution in [0.3, 0.4) is 0 Å². The number of rotatable bonds is 5. The van der Waals surface area contributed by atoms with Gasteiger partial charge in [0.1, 0.15) is 17.2 Å². The first kappa shape index (κ1) is 18.2. The summed E-state index contributed by atoms with van der Waals surface area (Å²) in [6.07, 6.45) is 1.57. The third-order valence-corrected chi connectivity index (χ3v) is 4.51. The van der Waals surface area contributed by atoms with E-state index in [9.17, 15) is 10.1 Å². The van der Waals surface area contributed by atoms with Crippen molar-refractivity contribution in [3.8, 4) is 17.4 Å². The number of nitrogens with zero attached hydrogens (tertiary/aromatic N) is 2. The van der Waals surface area contributed by atoms with Crippen LogP contribution in [0.15, 0.2) is 89.0 Å². The summed E-state index contributed by atoms with van der Waals surface area (Å²) in [4.78, 5) is 12.4. The number of fused-ring (bicyclic) bond motifs is 1. The van der Waals surface area contributed by atoms with Gasteiger partial charge in [-0.2, -0.15) is 5.26 Å². The largest absolute Gasteiger partial charge is 0.355 e. The quantitative estimate of drug-likeness (QED) is 0.402. The predicted octanol–water partition coefficient (Wildman–Crippen LogP) is 4.72. The fourth-order valence-electron chi connectivity index (χ4n) is 3.04. The molecule has 0 atom stereocenters. The highest BCUT2D eigenvalue weighted by atomic mass is 16.5. The molecule has 5 nitrogen and oxygen atoms in total. The van der Waals surface area contributed by atoms with Crippen molar-refractivity contribution in [2.24, 2.45) is 0 Å². The zero-order valence-corrected chi connectivity index (χ0v) is 15.5. The highest BCUT2D eigenvalue weighted by Gasteiger charge is 2.12. The van der Waals surface area contributed by atoms with Crippen LogP contribution in [0.25, 0.3) is 28.3 Å². The molecule has 0 bridgehead atoms. The molecule has 0 fully saturated rings. The van der Waals surface area contributed by atoms with Crippen LogP contribution in [0.4, 0.5) is 0 Å². The Hall–Kier alpha value is -4.17. The lowest BCUT2D eigenvalue weighted by Gasteiger charge is -2.04. The maximum absolute atomic E-state index is 12.4. The van der Waals surface area contributed by atoms with Crippen LogP contribution in [0.5, 0.6) is 0 Å². The van der Waals surface area contributed by atoms with E-state index in [2.05, 4.69) is 10.5 Å². The molecule has 3 aromatic carbocycles. The van der Waals surface area contributed by atoms with Crippen molar-refractivity contribution in [1.29, 1.82) is 5.26 Å². The van der Waals surface area contributed by atoms with Gasteiger partial charge in [0.25, 0.3) is 5.91 Å². The van der Waals surface area contributed by atoms with Gasteiger partial charge in [-0.05, 0) is 29.3 Å². The summed E-state index contributed by atoms with van der Waals surface area (Å²) in [5.74, 6) is 0.243. The van der Waals surface area contributed by atoms with Crippen molar-refractivity contribution in [3.05, 3.63) is 95.6 Å². The lowest BCUT2D eigenvalue weighted by molar-refractivity contribution is -0.117. The summed E-state index contributed by atoms with van der Waals surface area (Å²) in [6, 6.07) is 26.7. The van der Waals surface area contributed by atoms with Crippen LogP contribution in [0, 0.1) is 11.3 Å². The fraction of sp³-hybridized carbons (Fsp3) is 0.0417. The number of aromatic nitrogens is 1. The minimum atomic E-state index is -0.412. The molecule has 4 rings (SSSR count). The number of nitrogens with one attached hydrogen (secondary N) is 1. The van der Waals surface area contributed by atoms with Crippen LogP contribution in [-0.2, 0) is 11.3 Å². The maximum atomic E-state index is 12.4. The van der Waals surface area contributed by atoms with Crippen molar-refractivity contribution in [1.82, 2.24) is 10.5 Å². The second-order valence-electron chi connectivity index (χ2n) is 6.49. The third kappa shape index (κ3) is 4.07. The van der Waals surface area contributed by atoms with E-state index < -0.39 is 5.91 Å². The molecule has 1 aromatic heterocycles. The number of hydrogen-bond acceptors (Lipinski definition) is 4. The van der Waals surface area contributed by atoms with Crippen LogP contribution in [0.1, 0.15) is 11.1 Å². The molecule has 0 aliphatic heterocycles. The maximum Gasteiger partial charge on any atom is 0.262 e. The first-order valence-electron chi connectivity index (χ1n) is 9.13. The van der Waals surface area contributed by atoms with Gasteiger partial charge >= 0.3 is 0 Å². The van der Waals surface area contributed by atoms with Gasteiger partial charge in [0.15, 0.2) is 5.76 Å². The Kier molecular flexibility index (Phi) is 5.17. The van der Waals surface area contributed by atoms with Crippen molar-refractivity contribution in [2.45, 2.75) is 6.54 Å². The van der Waals surface area contributed by atoms with Crippen molar-refractivity contribution >= 4 is 22.9 Å². The van der Waals surface area contributed by atoms with Crippen LogP contribution in [-0.4, -0.2) is 11.1 Å². The zero-order chi connectivity index (χ0) is 20.1. The summed E-state index contributed by atoms with van der Waals surface area (Å²) in [7, 11) is 0. The summed E-state index contributed by atoms with van der Waals surface area (Å²) >= 11 is 0. The normalized spacial score (nSPS) is 11.2. The van der Waals surface area contributed by atoms with Crippen LogP contribution in [0.2, 0.25) is 0 Å². The molecule has 0 radical (unpaired) electrons. The first-order chi connectivity index (χ1) is 14.2. The molecular formula is C24H17N3O2. The molecule has 0 aliphatic carbocycles. The van der Waals surface area contributed by atoms with Gasteiger partial charge in [-0.25, -0.2) is 0 Å². The summed E-state index contributed by atoms with van der Waals surface area (Å²) < 4.78 is 5.51. The van der Waals surface area contributed by atoms with Gasteiger partial charge in [-0.1, -0.05) is 71.9 Å². The Balaban J connectivity index is 1.60. The summed E-state index contributed by atoms with van der Waals surface area (Å²) in [6.45, 7) is 0.363. The van der Waals surface area contributed by atoms with Crippen LogP contribution >= 0.6 is 0 Å². The van der Waals surface area contributed by atoms with E-state index in [1.165, 1.54) is 0 Å². The van der Waals surface area contributed by atoms with Crippen molar-refractivity contribution in [3.63, 3.8) is 0 Å². The van der Waals surface area contributed by atoms with Gasteiger partial charge < -0.3 is 9.84 Å². The fourth-order valence-corrected chi connectivity index (χ4v) is 3.04. The molecule has 0 unspecified atom stereocenters. The van der Waals surface area contributed by atoms with E-state index in [1.807, 2.05) is 78.9 Å². The molecule has 0 spiro atoms. The monoisotopic (exact) mass is 379 g/mol. The Morgan fingerprint density at radius 2 is 1.76 bits per heavy atom. The highest BCUT2D eigenvalue weighted by molar-refractivity contribution is 6.02. The van der Waals surface area contributed by atoms with Crippen LogP contribution < -0.4 is 5.32 Å². The van der Waals surface area contributed by atoms with Gasteiger partial charge in [0.05, 0.1) is 5.39 Å². The third-order valence-electron chi connectivity index (χ3n) is 4.51. The molecule has 140 valence electrons. The number of carbonyl (C=O) groups excluding carboxylic acids is 1. The van der Waals surface area contributed by atoms with Gasteiger partial charge in [0, 0.05) is 12.1 Å². The van der Waals surface area contributed by atoms with E-state index in [1.54, 1.807) is 12.1 Å². The highest BCUT2D eigenvalue weighted by Crippen LogP contribution is 2.29. The number of nitriles is 1. The first-order valence-corrected chi connectivity index (χ1v) is 9.13. The molecule has 29 heavy (non-hydrogen) atoms. The van der Waals surface area contributed by atoms with Gasteiger partial charge in [0.2, 0.25) is 0 Å². The van der Waals surface area contributed by atoms with Gasteiger partial charge in [-0.3, -0.25) is 4.79 Å². The average molecular weight is 379 g/mol. The van der Waals surface area contributed by atoms with E-state index in [4.69, 9.17) is 4.52 Å². The molecular weight excluding hydrogens is 362 g/mol. The summed E-state index contributed by atoms with van der Waals surface area (Å²) in [5, 5.41) is 17.1. The van der Waals surface area contributed by atoms with Gasteiger partial charge in [-0.15, -0.1) is 0 Å². The second-order valence-corrected chi connectivity index (χ2v) is 6.49.